The number of amides is 1. The number of alkyl halides is 3. The van der Waals surface area contributed by atoms with E-state index < -0.39 is 35.3 Å². The summed E-state index contributed by atoms with van der Waals surface area (Å²) in [5.41, 5.74) is -0.279. The van der Waals surface area contributed by atoms with Crippen molar-refractivity contribution in [1.82, 2.24) is 9.47 Å². The number of aromatic nitrogens is 1. The maximum Gasteiger partial charge on any atom is 0.416 e. The molecule has 1 amide bonds. The van der Waals surface area contributed by atoms with Crippen LogP contribution in [0, 0.1) is 24.7 Å². The average molecular weight is 539 g/mol. The summed E-state index contributed by atoms with van der Waals surface area (Å²) in [6.45, 7) is 2.10. The van der Waals surface area contributed by atoms with Crippen LogP contribution in [0.3, 0.4) is 0 Å². The average Bonchev–Trinajstić information content (AvgIpc) is 3.12. The molecule has 2 fully saturated rings. The lowest BCUT2D eigenvalue weighted by molar-refractivity contribution is -0.139. The van der Waals surface area contributed by atoms with E-state index in [0.29, 0.717) is 10.9 Å². The summed E-state index contributed by atoms with van der Waals surface area (Å²) in [5.74, 6) is -2.59. The van der Waals surface area contributed by atoms with Crippen LogP contribution in [0.1, 0.15) is 37.5 Å². The van der Waals surface area contributed by atoms with Crippen molar-refractivity contribution in [3.8, 4) is 0 Å². The van der Waals surface area contributed by atoms with Crippen LogP contribution in [0.5, 0.6) is 0 Å². The van der Waals surface area contributed by atoms with Gasteiger partial charge in [0.05, 0.1) is 38.3 Å². The van der Waals surface area contributed by atoms with Crippen molar-refractivity contribution in [2.75, 3.05) is 13.1 Å². The first-order chi connectivity index (χ1) is 16.8. The Balaban J connectivity index is 1.50. The number of halogens is 5. The van der Waals surface area contributed by atoms with Crippen molar-refractivity contribution in [2.24, 2.45) is 24.8 Å². The minimum atomic E-state index is -4.55. The summed E-state index contributed by atoms with van der Waals surface area (Å²) in [5, 5.41) is 9.50. The fourth-order valence-electron chi connectivity index (χ4n) is 5.27. The van der Waals surface area contributed by atoms with Gasteiger partial charge in [0.15, 0.2) is 0 Å². The number of aliphatic carboxylic acids is 1. The lowest BCUT2D eigenvalue weighted by atomic mass is 10.0. The third-order valence-corrected chi connectivity index (χ3v) is 7.95. The van der Waals surface area contributed by atoms with Crippen molar-refractivity contribution in [1.29, 1.82) is 0 Å². The van der Waals surface area contributed by atoms with E-state index in [1.54, 1.807) is 0 Å². The van der Waals surface area contributed by atoms with E-state index in [4.69, 9.17) is 23.2 Å². The first-order valence-corrected chi connectivity index (χ1v) is 11.8. The Morgan fingerprint density at radius 1 is 1.06 bits per heavy atom. The van der Waals surface area contributed by atoms with Crippen molar-refractivity contribution >= 4 is 51.8 Å². The molecular weight excluding hydrogens is 520 g/mol. The molecular formula is C25H19Cl2F3N2O4. The van der Waals surface area contributed by atoms with Gasteiger partial charge in [-0.1, -0.05) is 23.2 Å². The number of nitrogens with zero attached hydrogens (tertiary/aromatic N) is 2. The van der Waals surface area contributed by atoms with E-state index in [0.717, 1.165) is 12.1 Å². The number of likely N-dealkylation sites (tertiary alicyclic amines) is 1. The molecule has 0 radical (unpaired) electrons. The highest BCUT2D eigenvalue weighted by molar-refractivity contribution is 6.42. The van der Waals surface area contributed by atoms with Crippen LogP contribution < -0.4 is 0 Å². The number of carbonyl (C=O) groups excluding carboxylic acids is 2. The summed E-state index contributed by atoms with van der Waals surface area (Å²) in [6, 6.07) is 6.26. The van der Waals surface area contributed by atoms with Gasteiger partial charge in [0.1, 0.15) is 0 Å². The van der Waals surface area contributed by atoms with Gasteiger partial charge in [0.25, 0.3) is 5.91 Å². The standard InChI is InChI=1S/C25H19Cl2F3N2O4/c1-10-5-11(25(28,29)30)6-17-13(10)7-18(31(17)2)22(33)20-16(26)4-3-12(21(20)27)23(34)32-8-14-15(9-32)19(14)24(35)36/h3-7,14-15,19H,8-9H2,1-2H3,(H,35,36)/t14-,15+,19?. The van der Waals surface area contributed by atoms with Crippen molar-refractivity contribution < 1.29 is 32.7 Å². The number of benzene rings is 2. The van der Waals surface area contributed by atoms with Crippen molar-refractivity contribution in [3.63, 3.8) is 0 Å². The molecule has 0 spiro atoms. The Morgan fingerprint density at radius 3 is 2.28 bits per heavy atom. The molecule has 1 saturated heterocycles. The molecule has 5 rings (SSSR count). The fraction of sp³-hybridized carbons (Fsp3) is 0.320. The van der Waals surface area contributed by atoms with E-state index in [2.05, 4.69) is 0 Å². The molecule has 11 heteroatoms. The van der Waals surface area contributed by atoms with Gasteiger partial charge < -0.3 is 14.6 Å². The second-order valence-electron chi connectivity index (χ2n) is 9.33. The number of ketones is 1. The van der Waals surface area contributed by atoms with E-state index in [9.17, 15) is 32.7 Å². The van der Waals surface area contributed by atoms with Gasteiger partial charge in [-0.05, 0) is 54.7 Å². The number of rotatable bonds is 4. The molecule has 1 unspecified atom stereocenters. The largest absolute Gasteiger partial charge is 0.481 e. The zero-order chi connectivity index (χ0) is 26.3. The number of carbonyl (C=O) groups is 3. The monoisotopic (exact) mass is 538 g/mol. The predicted molar refractivity (Wildman–Crippen MR) is 127 cm³/mol. The highest BCUT2D eigenvalue weighted by atomic mass is 35.5. The molecule has 2 aliphatic rings. The molecule has 1 aliphatic heterocycles. The topological polar surface area (TPSA) is 79.6 Å². The highest BCUT2D eigenvalue weighted by Crippen LogP contribution is 2.52. The lowest BCUT2D eigenvalue weighted by Crippen LogP contribution is -2.33. The third kappa shape index (κ3) is 3.76. The summed E-state index contributed by atoms with van der Waals surface area (Å²) in [6.07, 6.45) is -4.55. The molecule has 1 N–H and O–H groups in total. The van der Waals surface area contributed by atoms with Crippen LogP contribution in [-0.2, 0) is 18.0 Å². The maximum absolute atomic E-state index is 13.5. The highest BCUT2D eigenvalue weighted by Gasteiger charge is 2.60. The quantitative estimate of drug-likeness (QED) is 0.448. The Bertz CT molecular complexity index is 1470. The number of aryl methyl sites for hydroxylation is 2. The Morgan fingerprint density at radius 2 is 1.69 bits per heavy atom. The molecule has 0 bridgehead atoms. The first kappa shape index (κ1) is 24.6. The molecule has 188 valence electrons. The van der Waals surface area contributed by atoms with E-state index in [1.165, 1.54) is 41.6 Å². The summed E-state index contributed by atoms with van der Waals surface area (Å²) in [7, 11) is 1.47. The van der Waals surface area contributed by atoms with Crippen LogP contribution in [-0.4, -0.2) is 45.3 Å². The van der Waals surface area contributed by atoms with E-state index >= 15 is 0 Å². The fourth-order valence-corrected chi connectivity index (χ4v) is 5.90. The molecule has 2 aromatic carbocycles. The number of fused-ring (bicyclic) bond motifs is 2. The van der Waals surface area contributed by atoms with Crippen molar-refractivity contribution in [2.45, 2.75) is 13.1 Å². The number of hydrogen-bond donors (Lipinski definition) is 1. The summed E-state index contributed by atoms with van der Waals surface area (Å²) < 4.78 is 41.3. The van der Waals surface area contributed by atoms with E-state index in [1.807, 2.05) is 0 Å². The SMILES string of the molecule is Cc1cc(C(F)(F)F)cc2c1cc(C(=O)c1c(Cl)ccc(C(=O)N3C[C@@H]4C(C(=O)O)[C@@H]4C3)c1Cl)n2C. The molecule has 6 nitrogen and oxygen atoms in total. The van der Waals surface area contributed by atoms with Crippen LogP contribution in [0.15, 0.2) is 30.3 Å². The molecule has 36 heavy (non-hydrogen) atoms. The number of hydrogen-bond acceptors (Lipinski definition) is 3. The van der Waals surface area contributed by atoms with E-state index in [-0.39, 0.29) is 57.3 Å². The molecule has 1 aliphatic carbocycles. The van der Waals surface area contributed by atoms with Crippen LogP contribution >= 0.6 is 23.2 Å². The minimum Gasteiger partial charge on any atom is -0.481 e. The predicted octanol–water partition coefficient (Wildman–Crippen LogP) is 5.45. The third-order valence-electron chi connectivity index (χ3n) is 7.24. The Kier molecular flexibility index (Phi) is 5.64. The number of carboxylic acids is 1. The van der Waals surface area contributed by atoms with Gasteiger partial charge in [-0.25, -0.2) is 0 Å². The molecule has 1 saturated carbocycles. The number of piperidine rings is 1. The van der Waals surface area contributed by atoms with Crippen LogP contribution in [0.25, 0.3) is 10.9 Å². The summed E-state index contributed by atoms with van der Waals surface area (Å²) in [4.78, 5) is 39.4. The molecule has 2 heterocycles. The molecule has 1 aromatic heterocycles. The second kappa shape index (κ2) is 8.24. The zero-order valence-corrected chi connectivity index (χ0v) is 20.5. The molecule has 3 atom stereocenters. The molecule has 3 aromatic rings. The maximum atomic E-state index is 13.5. The van der Waals surface area contributed by atoms with Gasteiger partial charge >= 0.3 is 12.1 Å². The number of carboxylic acid groups (broad SMARTS) is 1. The normalized spacial score (nSPS) is 21.1. The Hall–Kier alpha value is -3.04. The van der Waals surface area contributed by atoms with Crippen molar-refractivity contribution in [3.05, 3.63) is 68.3 Å². The summed E-state index contributed by atoms with van der Waals surface area (Å²) >= 11 is 12.8. The first-order valence-electron chi connectivity index (χ1n) is 11.0. The van der Waals surface area contributed by atoms with Crippen LogP contribution in [0.4, 0.5) is 13.2 Å². The smallest absolute Gasteiger partial charge is 0.416 e. The van der Waals surface area contributed by atoms with Gasteiger partial charge in [-0.15, -0.1) is 0 Å². The Labute approximate surface area is 213 Å². The second-order valence-corrected chi connectivity index (χ2v) is 10.1. The van der Waals surface area contributed by atoms with Gasteiger partial charge in [-0.3, -0.25) is 14.4 Å². The minimum absolute atomic E-state index is 0.00489. The zero-order valence-electron chi connectivity index (χ0n) is 19.0. The van der Waals surface area contributed by atoms with Gasteiger partial charge in [0, 0.05) is 31.0 Å². The van der Waals surface area contributed by atoms with Gasteiger partial charge in [-0.2, -0.15) is 13.2 Å². The lowest BCUT2D eigenvalue weighted by Gasteiger charge is -2.20. The van der Waals surface area contributed by atoms with Gasteiger partial charge in [0.2, 0.25) is 5.78 Å². The van der Waals surface area contributed by atoms with Crippen LogP contribution in [0.2, 0.25) is 10.0 Å².